The summed E-state index contributed by atoms with van der Waals surface area (Å²) in [6, 6.07) is 0.623. The van der Waals surface area contributed by atoms with Crippen molar-refractivity contribution in [3.05, 3.63) is 0 Å². The van der Waals surface area contributed by atoms with Gasteiger partial charge < -0.3 is 10.2 Å². The number of anilines is 1. The number of carbonyl (C=O) groups is 1. The van der Waals surface area contributed by atoms with Crippen molar-refractivity contribution in [3.63, 3.8) is 0 Å². The van der Waals surface area contributed by atoms with Crippen molar-refractivity contribution in [1.82, 2.24) is 19.8 Å². The van der Waals surface area contributed by atoms with E-state index in [2.05, 4.69) is 32.1 Å². The lowest BCUT2D eigenvalue weighted by Gasteiger charge is -2.35. The van der Waals surface area contributed by atoms with Crippen LogP contribution in [0, 0.1) is 0 Å². The van der Waals surface area contributed by atoms with E-state index in [1.165, 1.54) is 19.3 Å². The molecular weight excluding hydrogens is 362 g/mol. The third-order valence-electron chi connectivity index (χ3n) is 4.34. The maximum Gasteiger partial charge on any atom is 0.269 e. The van der Waals surface area contributed by atoms with Gasteiger partial charge in [-0.1, -0.05) is 31.6 Å². The number of piperidine rings is 1. The van der Waals surface area contributed by atoms with Crippen molar-refractivity contribution < 1.29 is 13.2 Å². The van der Waals surface area contributed by atoms with E-state index in [0.717, 1.165) is 37.3 Å². The van der Waals surface area contributed by atoms with E-state index in [4.69, 9.17) is 0 Å². The molecule has 1 aliphatic rings. The second kappa shape index (κ2) is 9.56. The van der Waals surface area contributed by atoms with Crippen molar-refractivity contribution >= 4 is 32.4 Å². The number of nitrogens with zero attached hydrogens (tertiary/aromatic N) is 3. The zero-order valence-electron chi connectivity index (χ0n) is 14.8. The summed E-state index contributed by atoms with van der Waals surface area (Å²) in [6.45, 7) is 6.28. The SMILES string of the molecule is CCC(=O)Nc1nnc(S(=O)(=O)NCCCN2CCCC[C@H]2CC)s1. The Morgan fingerprint density at radius 2 is 2.12 bits per heavy atom. The van der Waals surface area contributed by atoms with Gasteiger partial charge in [0.1, 0.15) is 0 Å². The Bertz CT molecular complexity index is 662. The molecule has 1 aromatic rings. The molecular formula is C15H27N5O3S2. The van der Waals surface area contributed by atoms with Crippen molar-refractivity contribution in [2.75, 3.05) is 25.0 Å². The predicted octanol–water partition coefficient (Wildman–Crippen LogP) is 1.82. The van der Waals surface area contributed by atoms with Gasteiger partial charge in [-0.2, -0.15) is 0 Å². The van der Waals surface area contributed by atoms with Crippen molar-refractivity contribution in [1.29, 1.82) is 0 Å². The Morgan fingerprint density at radius 3 is 2.84 bits per heavy atom. The molecule has 0 unspecified atom stereocenters. The van der Waals surface area contributed by atoms with Crippen LogP contribution in [-0.2, 0) is 14.8 Å². The summed E-state index contributed by atoms with van der Waals surface area (Å²) >= 11 is 0.859. The van der Waals surface area contributed by atoms with Gasteiger partial charge in [0, 0.05) is 19.0 Å². The highest BCUT2D eigenvalue weighted by atomic mass is 32.2. The third kappa shape index (κ3) is 5.98. The lowest BCUT2D eigenvalue weighted by molar-refractivity contribution is -0.115. The van der Waals surface area contributed by atoms with Crippen LogP contribution >= 0.6 is 11.3 Å². The van der Waals surface area contributed by atoms with Gasteiger partial charge in [0.15, 0.2) is 0 Å². The van der Waals surface area contributed by atoms with E-state index in [0.29, 0.717) is 19.0 Å². The molecule has 1 aromatic heterocycles. The van der Waals surface area contributed by atoms with Gasteiger partial charge in [0.25, 0.3) is 10.0 Å². The van der Waals surface area contributed by atoms with Crippen LogP contribution in [0.2, 0.25) is 0 Å². The van der Waals surface area contributed by atoms with E-state index < -0.39 is 10.0 Å². The molecule has 1 atom stereocenters. The zero-order chi connectivity index (χ0) is 18.3. The fourth-order valence-electron chi connectivity index (χ4n) is 2.94. The van der Waals surface area contributed by atoms with Crippen LogP contribution in [0.3, 0.4) is 0 Å². The number of hydrogen-bond acceptors (Lipinski definition) is 7. The summed E-state index contributed by atoms with van der Waals surface area (Å²) in [5, 5.41) is 10.1. The van der Waals surface area contributed by atoms with Gasteiger partial charge in [0.2, 0.25) is 15.4 Å². The molecule has 2 N–H and O–H groups in total. The van der Waals surface area contributed by atoms with E-state index in [1.54, 1.807) is 6.92 Å². The molecule has 1 fully saturated rings. The Hall–Kier alpha value is -1.10. The number of likely N-dealkylation sites (tertiary alicyclic amines) is 1. The topological polar surface area (TPSA) is 104 Å². The third-order valence-corrected chi connectivity index (χ3v) is 7.01. The number of carbonyl (C=O) groups excluding carboxylic acids is 1. The molecule has 0 spiro atoms. The second-order valence-electron chi connectivity index (χ2n) is 6.12. The molecule has 25 heavy (non-hydrogen) atoms. The number of rotatable bonds is 9. The minimum atomic E-state index is -3.68. The monoisotopic (exact) mass is 389 g/mol. The number of sulfonamides is 1. The molecule has 2 heterocycles. The average molecular weight is 390 g/mol. The van der Waals surface area contributed by atoms with Crippen LogP contribution in [0.1, 0.15) is 52.4 Å². The molecule has 0 radical (unpaired) electrons. The molecule has 0 saturated carbocycles. The Labute approximate surface area is 153 Å². The quantitative estimate of drug-likeness (QED) is 0.493. The van der Waals surface area contributed by atoms with Gasteiger partial charge >= 0.3 is 0 Å². The molecule has 1 saturated heterocycles. The van der Waals surface area contributed by atoms with Gasteiger partial charge in [-0.05, 0) is 38.8 Å². The highest BCUT2D eigenvalue weighted by Crippen LogP contribution is 2.21. The van der Waals surface area contributed by atoms with Crippen molar-refractivity contribution in [3.8, 4) is 0 Å². The first-order chi connectivity index (χ1) is 12.0. The summed E-state index contributed by atoms with van der Waals surface area (Å²) in [5.41, 5.74) is 0. The van der Waals surface area contributed by atoms with Gasteiger partial charge in [0.05, 0.1) is 0 Å². The van der Waals surface area contributed by atoms with Crippen LogP contribution < -0.4 is 10.0 Å². The first-order valence-electron chi connectivity index (χ1n) is 8.83. The van der Waals surface area contributed by atoms with E-state index in [1.807, 2.05) is 0 Å². The van der Waals surface area contributed by atoms with Gasteiger partial charge in [-0.15, -0.1) is 10.2 Å². The minimum absolute atomic E-state index is 0.122. The largest absolute Gasteiger partial charge is 0.301 e. The minimum Gasteiger partial charge on any atom is -0.301 e. The molecule has 8 nitrogen and oxygen atoms in total. The van der Waals surface area contributed by atoms with E-state index >= 15 is 0 Å². The molecule has 2 rings (SSSR count). The number of hydrogen-bond donors (Lipinski definition) is 2. The molecule has 1 amide bonds. The molecule has 142 valence electrons. The lowest BCUT2D eigenvalue weighted by Crippen LogP contribution is -2.40. The first kappa shape index (κ1) is 20.2. The fourth-order valence-corrected chi connectivity index (χ4v) is 4.97. The molecule has 0 aromatic carbocycles. The van der Waals surface area contributed by atoms with Crippen LogP contribution in [0.4, 0.5) is 5.13 Å². The number of nitrogens with one attached hydrogen (secondary N) is 2. The summed E-state index contributed by atoms with van der Waals surface area (Å²) in [6.07, 6.45) is 5.94. The molecule has 0 bridgehead atoms. The summed E-state index contributed by atoms with van der Waals surface area (Å²) < 4.78 is 26.9. The summed E-state index contributed by atoms with van der Waals surface area (Å²) in [7, 11) is -3.68. The van der Waals surface area contributed by atoms with Crippen LogP contribution in [-0.4, -0.2) is 55.1 Å². The summed E-state index contributed by atoms with van der Waals surface area (Å²) in [5.74, 6) is -0.222. The summed E-state index contributed by atoms with van der Waals surface area (Å²) in [4.78, 5) is 13.8. The van der Waals surface area contributed by atoms with E-state index in [-0.39, 0.29) is 15.4 Å². The molecule has 1 aliphatic heterocycles. The number of amides is 1. The lowest BCUT2D eigenvalue weighted by atomic mass is 10.00. The average Bonchev–Trinajstić information content (AvgIpc) is 3.08. The second-order valence-corrected chi connectivity index (χ2v) is 9.04. The fraction of sp³-hybridized carbons (Fsp3) is 0.800. The Kier molecular flexibility index (Phi) is 7.73. The number of aromatic nitrogens is 2. The maximum absolute atomic E-state index is 12.2. The highest BCUT2D eigenvalue weighted by Gasteiger charge is 2.22. The van der Waals surface area contributed by atoms with Crippen LogP contribution in [0.25, 0.3) is 0 Å². The Morgan fingerprint density at radius 1 is 1.32 bits per heavy atom. The normalized spacial score (nSPS) is 19.0. The zero-order valence-corrected chi connectivity index (χ0v) is 16.5. The van der Waals surface area contributed by atoms with Crippen molar-refractivity contribution in [2.45, 2.75) is 62.8 Å². The van der Waals surface area contributed by atoms with E-state index in [9.17, 15) is 13.2 Å². The highest BCUT2D eigenvalue weighted by molar-refractivity contribution is 7.91. The Balaban J connectivity index is 1.80. The van der Waals surface area contributed by atoms with Crippen molar-refractivity contribution in [2.24, 2.45) is 0 Å². The smallest absolute Gasteiger partial charge is 0.269 e. The standard InChI is InChI=1S/C15H27N5O3S2/c1-3-12-8-5-6-10-20(12)11-7-9-16-25(22,23)15-19-18-14(24-15)17-13(21)4-2/h12,16H,3-11H2,1-2H3,(H,17,18,21)/t12-/m1/s1. The van der Waals surface area contributed by atoms with Gasteiger partial charge in [-0.25, -0.2) is 13.1 Å². The molecule has 10 heteroatoms. The first-order valence-corrected chi connectivity index (χ1v) is 11.1. The van der Waals surface area contributed by atoms with Crippen LogP contribution in [0.5, 0.6) is 0 Å². The predicted molar refractivity (Wildman–Crippen MR) is 98.1 cm³/mol. The molecule has 0 aliphatic carbocycles. The maximum atomic E-state index is 12.2. The van der Waals surface area contributed by atoms with Gasteiger partial charge in [-0.3, -0.25) is 4.79 Å². The van der Waals surface area contributed by atoms with Crippen LogP contribution in [0.15, 0.2) is 4.34 Å².